The summed E-state index contributed by atoms with van der Waals surface area (Å²) in [5.74, 6) is -1.83. The molecule has 0 aromatic heterocycles. The Labute approximate surface area is 369 Å². The first-order valence-corrected chi connectivity index (χ1v) is 24.1. The summed E-state index contributed by atoms with van der Waals surface area (Å²) >= 11 is 0. The van der Waals surface area contributed by atoms with Gasteiger partial charge in [-0.2, -0.15) is 0 Å². The lowest BCUT2D eigenvalue weighted by molar-refractivity contribution is -0.154. The third-order valence-corrected chi connectivity index (χ3v) is 9.69. The summed E-state index contributed by atoms with van der Waals surface area (Å²) in [4.78, 5) is 33.6. The van der Waals surface area contributed by atoms with E-state index < -0.39 is 45.1 Å². The van der Waals surface area contributed by atoms with Gasteiger partial charge in [-0.3, -0.25) is 18.6 Å². The normalized spacial score (nSPS) is 15.0. The zero-order chi connectivity index (χ0) is 44.8. The molecule has 0 fully saturated rings. The van der Waals surface area contributed by atoms with Crippen molar-refractivity contribution in [3.63, 3.8) is 0 Å². The third kappa shape index (κ3) is 44.2. The van der Waals surface area contributed by atoms with Gasteiger partial charge in [0, 0.05) is 13.0 Å². The van der Waals surface area contributed by atoms with Crippen LogP contribution in [0.1, 0.15) is 142 Å². The predicted octanol–water partition coefficient (Wildman–Crippen LogP) is 12.9. The van der Waals surface area contributed by atoms with Crippen molar-refractivity contribution in [3.05, 3.63) is 122 Å². The molecule has 0 aromatic rings. The van der Waals surface area contributed by atoms with Crippen molar-refractivity contribution in [3.8, 4) is 0 Å². The Bertz CT molecular complexity index is 1420. The fraction of sp³-hybridized carbons (Fsp3) is 0.560. The highest BCUT2D eigenvalue weighted by atomic mass is 31.2. The van der Waals surface area contributed by atoms with E-state index in [0.29, 0.717) is 13.0 Å². The molecule has 0 spiro atoms. The minimum Gasteiger partial charge on any atom is -0.480 e. The Kier molecular flexibility index (Phi) is 41.8. The van der Waals surface area contributed by atoms with Crippen LogP contribution in [0.2, 0.25) is 0 Å². The number of nitrogens with two attached hydrogens (primary N) is 1. The molecule has 344 valence electrons. The number of carboxylic acid groups (broad SMARTS) is 1. The number of carboxylic acids is 1. The number of esters is 1. The smallest absolute Gasteiger partial charge is 0.472 e. The zero-order valence-electron chi connectivity index (χ0n) is 37.4. The third-order valence-electron chi connectivity index (χ3n) is 8.74. The average Bonchev–Trinajstić information content (AvgIpc) is 3.24. The van der Waals surface area contributed by atoms with Gasteiger partial charge in [0.2, 0.25) is 0 Å². The molecule has 0 aliphatic heterocycles. The molecule has 4 N–H and O–H groups in total. The number of allylic oxidation sites excluding steroid dienone is 20. The fourth-order valence-corrected chi connectivity index (χ4v) is 6.08. The summed E-state index contributed by atoms with van der Waals surface area (Å²) in [6.45, 7) is 3.50. The summed E-state index contributed by atoms with van der Waals surface area (Å²) in [5.41, 5.74) is 5.36. The summed E-state index contributed by atoms with van der Waals surface area (Å²) in [5, 5.41) is 8.91. The monoisotopic (exact) mass is 870 g/mol. The maximum atomic E-state index is 12.6. The van der Waals surface area contributed by atoms with E-state index in [0.717, 1.165) is 116 Å². The molecule has 10 nitrogen and oxygen atoms in total. The molecule has 0 amide bonds. The Hall–Kier alpha value is -3.63. The Morgan fingerprint density at radius 1 is 0.525 bits per heavy atom. The van der Waals surface area contributed by atoms with E-state index in [1.807, 2.05) is 0 Å². The van der Waals surface area contributed by atoms with Crippen molar-refractivity contribution < 1.29 is 42.7 Å². The number of hydrogen-bond donors (Lipinski definition) is 3. The number of ether oxygens (including phenoxy) is 2. The van der Waals surface area contributed by atoms with Gasteiger partial charge >= 0.3 is 19.8 Å². The maximum Gasteiger partial charge on any atom is 0.472 e. The van der Waals surface area contributed by atoms with Gasteiger partial charge in [-0.25, -0.2) is 4.57 Å². The molecule has 0 aliphatic rings. The van der Waals surface area contributed by atoms with Crippen molar-refractivity contribution in [1.82, 2.24) is 0 Å². The molecule has 3 atom stereocenters. The van der Waals surface area contributed by atoms with Crippen LogP contribution in [0.4, 0.5) is 0 Å². The first kappa shape index (κ1) is 57.4. The predicted molar refractivity (Wildman–Crippen MR) is 253 cm³/mol. The summed E-state index contributed by atoms with van der Waals surface area (Å²) in [6.07, 6.45) is 61.1. The van der Waals surface area contributed by atoms with Crippen LogP contribution in [0, 0.1) is 0 Å². The largest absolute Gasteiger partial charge is 0.480 e. The molecule has 11 heteroatoms. The molecule has 0 radical (unpaired) electrons. The molecule has 3 unspecified atom stereocenters. The van der Waals surface area contributed by atoms with E-state index >= 15 is 0 Å². The van der Waals surface area contributed by atoms with Crippen LogP contribution in [-0.2, 0) is 32.7 Å². The minimum atomic E-state index is -4.65. The second-order valence-electron chi connectivity index (χ2n) is 14.4. The van der Waals surface area contributed by atoms with E-state index in [9.17, 15) is 19.0 Å². The SMILES string of the molecule is CC/C=C\C/C=C\C/C=C\C/C=C\C/C=C\C/C=C\CCCCCOCC(COP(=O)(O)OCC(N)C(=O)O)OC(=O)CCCCCC/C=C\C/C=C\C/C=C\C/C=C\CC. The Morgan fingerprint density at radius 2 is 0.902 bits per heavy atom. The van der Waals surface area contributed by atoms with Crippen LogP contribution < -0.4 is 5.73 Å². The molecule has 61 heavy (non-hydrogen) atoms. The minimum absolute atomic E-state index is 0.0254. The topological polar surface area (TPSA) is 155 Å². The molecular formula is C50H80NO9P. The molecule has 0 aromatic carbocycles. The van der Waals surface area contributed by atoms with Gasteiger partial charge in [-0.1, -0.05) is 155 Å². The summed E-state index contributed by atoms with van der Waals surface area (Å²) in [7, 11) is -4.65. The van der Waals surface area contributed by atoms with Crippen LogP contribution in [0.5, 0.6) is 0 Å². The van der Waals surface area contributed by atoms with Gasteiger partial charge in [0.1, 0.15) is 12.1 Å². The second-order valence-corrected chi connectivity index (χ2v) is 15.9. The van der Waals surface area contributed by atoms with Gasteiger partial charge in [0.05, 0.1) is 19.8 Å². The quantitative estimate of drug-likeness (QED) is 0.0234. The molecule has 0 bridgehead atoms. The van der Waals surface area contributed by atoms with E-state index in [4.69, 9.17) is 29.4 Å². The highest BCUT2D eigenvalue weighted by Crippen LogP contribution is 2.43. The highest BCUT2D eigenvalue weighted by Gasteiger charge is 2.27. The number of phosphoric ester groups is 1. The van der Waals surface area contributed by atoms with Gasteiger partial charge in [0.25, 0.3) is 0 Å². The van der Waals surface area contributed by atoms with E-state index in [1.165, 1.54) is 0 Å². The lowest BCUT2D eigenvalue weighted by atomic mass is 10.1. The Balaban J connectivity index is 4.37. The van der Waals surface area contributed by atoms with Crippen molar-refractivity contribution in [2.45, 2.75) is 154 Å². The number of aliphatic carboxylic acids is 1. The van der Waals surface area contributed by atoms with Crippen LogP contribution in [0.25, 0.3) is 0 Å². The van der Waals surface area contributed by atoms with E-state index in [1.54, 1.807) is 0 Å². The van der Waals surface area contributed by atoms with Crippen molar-refractivity contribution in [1.29, 1.82) is 0 Å². The van der Waals surface area contributed by atoms with Gasteiger partial charge < -0.3 is 25.2 Å². The number of carbonyl (C=O) groups is 2. The van der Waals surface area contributed by atoms with Crippen molar-refractivity contribution in [2.75, 3.05) is 26.4 Å². The first-order chi connectivity index (χ1) is 29.7. The summed E-state index contributed by atoms with van der Waals surface area (Å²) in [6, 6.07) is -1.49. The number of unbranched alkanes of at least 4 members (excludes halogenated alkanes) is 7. The molecule has 0 aliphatic carbocycles. The molecule has 0 saturated carbocycles. The maximum absolute atomic E-state index is 12.6. The fourth-order valence-electron chi connectivity index (χ4n) is 5.30. The van der Waals surface area contributed by atoms with Crippen LogP contribution in [0.3, 0.4) is 0 Å². The first-order valence-electron chi connectivity index (χ1n) is 22.6. The van der Waals surface area contributed by atoms with Crippen molar-refractivity contribution in [2.24, 2.45) is 5.73 Å². The Morgan fingerprint density at radius 3 is 1.33 bits per heavy atom. The molecular weight excluding hydrogens is 790 g/mol. The molecule has 0 saturated heterocycles. The standard InChI is InChI=1S/C50H80NO9P/c1-3-5-7-9-11-13-15-17-19-21-22-23-24-25-27-29-31-33-35-37-39-41-43-57-44-47(45-58-61(55,56)59-46-48(51)50(53)54)60-49(52)42-40-38-36-34-32-30-28-26-20-18-16-14-12-10-8-6-4-2/h5-8,11-14,17-20,22-23,25,27-28,30-31,33,47-48H,3-4,9-10,15-16,21,24,26,29,32,34-46,51H2,1-2H3,(H,53,54)(H,55,56)/b7-5-,8-6-,13-11-,14-12-,19-17-,20-18-,23-22-,27-25-,30-28-,33-31-. The number of hydrogen-bond acceptors (Lipinski definition) is 8. The molecule has 0 rings (SSSR count). The lowest BCUT2D eigenvalue weighted by Gasteiger charge is -2.20. The highest BCUT2D eigenvalue weighted by molar-refractivity contribution is 7.47. The van der Waals surface area contributed by atoms with Crippen LogP contribution in [0.15, 0.2) is 122 Å². The van der Waals surface area contributed by atoms with E-state index in [2.05, 4.69) is 135 Å². The second kappa shape index (κ2) is 44.4. The number of carbonyl (C=O) groups excluding carboxylic acids is 1. The lowest BCUT2D eigenvalue weighted by Crippen LogP contribution is -2.34. The number of rotatable bonds is 41. The van der Waals surface area contributed by atoms with Crippen molar-refractivity contribution >= 4 is 19.8 Å². The van der Waals surface area contributed by atoms with Crippen LogP contribution >= 0.6 is 7.82 Å². The van der Waals surface area contributed by atoms with Crippen LogP contribution in [-0.4, -0.2) is 60.5 Å². The van der Waals surface area contributed by atoms with Gasteiger partial charge in [-0.05, 0) is 103 Å². The van der Waals surface area contributed by atoms with E-state index in [-0.39, 0.29) is 13.0 Å². The zero-order valence-corrected chi connectivity index (χ0v) is 38.3. The van der Waals surface area contributed by atoms with Gasteiger partial charge in [-0.15, -0.1) is 0 Å². The average molecular weight is 870 g/mol. The summed E-state index contributed by atoms with van der Waals surface area (Å²) < 4.78 is 33.3. The van der Waals surface area contributed by atoms with Gasteiger partial charge in [0.15, 0.2) is 0 Å². The molecule has 0 heterocycles. The number of phosphoric acid groups is 1.